The summed E-state index contributed by atoms with van der Waals surface area (Å²) in [5.41, 5.74) is 1.01. The third-order valence-electron chi connectivity index (χ3n) is 3.14. The lowest BCUT2D eigenvalue weighted by molar-refractivity contribution is -0.133. The Labute approximate surface area is 72.6 Å². The second-order valence-corrected chi connectivity index (χ2v) is 3.73. The Hall–Kier alpha value is -0.630. The summed E-state index contributed by atoms with van der Waals surface area (Å²) in [5.74, 6) is 0.969. The van der Waals surface area contributed by atoms with E-state index >= 15 is 0 Å². The molecule has 0 radical (unpaired) electrons. The monoisotopic (exact) mass is 166 g/mol. The lowest BCUT2D eigenvalue weighted by Crippen LogP contribution is -2.50. The van der Waals surface area contributed by atoms with E-state index in [4.69, 9.17) is 4.74 Å². The molecule has 2 nitrogen and oxygen atoms in total. The Kier molecular flexibility index (Phi) is 1.80. The molecule has 0 spiro atoms. The van der Waals surface area contributed by atoms with Gasteiger partial charge in [0.15, 0.2) is 0 Å². The molecule has 2 fully saturated rings. The fraction of sp³-hybridized carbons (Fsp3) is 0.700. The van der Waals surface area contributed by atoms with Crippen LogP contribution in [-0.2, 0) is 9.53 Å². The van der Waals surface area contributed by atoms with Crippen molar-refractivity contribution in [1.82, 2.24) is 0 Å². The predicted octanol–water partition coefficient (Wildman–Crippen LogP) is 1.56. The van der Waals surface area contributed by atoms with Gasteiger partial charge in [0, 0.05) is 25.4 Å². The SMILES string of the molecule is C=C1C(OC)[C@@H]2CCCC(=O)[C@H]12. The van der Waals surface area contributed by atoms with Crippen molar-refractivity contribution in [2.45, 2.75) is 25.4 Å². The summed E-state index contributed by atoms with van der Waals surface area (Å²) in [4.78, 5) is 11.4. The second-order valence-electron chi connectivity index (χ2n) is 3.73. The molecule has 0 aromatic rings. The highest BCUT2D eigenvalue weighted by atomic mass is 16.5. The predicted molar refractivity (Wildman–Crippen MR) is 45.8 cm³/mol. The van der Waals surface area contributed by atoms with Gasteiger partial charge in [-0.05, 0) is 18.4 Å². The number of methoxy groups -OCH3 is 1. The molecule has 0 N–H and O–H groups in total. The van der Waals surface area contributed by atoms with Crippen LogP contribution < -0.4 is 0 Å². The summed E-state index contributed by atoms with van der Waals surface area (Å²) >= 11 is 0. The zero-order valence-corrected chi connectivity index (χ0v) is 7.38. The van der Waals surface area contributed by atoms with Crippen LogP contribution in [0.4, 0.5) is 0 Å². The lowest BCUT2D eigenvalue weighted by atomic mass is 9.60. The molecule has 0 aliphatic heterocycles. The lowest BCUT2D eigenvalue weighted by Gasteiger charge is -2.47. The number of hydrogen-bond donors (Lipinski definition) is 0. The molecule has 0 amide bonds. The Morgan fingerprint density at radius 1 is 1.58 bits per heavy atom. The molecule has 66 valence electrons. The maximum absolute atomic E-state index is 11.4. The van der Waals surface area contributed by atoms with Crippen molar-refractivity contribution < 1.29 is 9.53 Å². The van der Waals surface area contributed by atoms with Crippen molar-refractivity contribution in [2.24, 2.45) is 11.8 Å². The number of carbonyl (C=O) groups excluding carboxylic acids is 1. The van der Waals surface area contributed by atoms with Crippen molar-refractivity contribution >= 4 is 5.78 Å². The van der Waals surface area contributed by atoms with E-state index in [0.717, 1.165) is 24.8 Å². The van der Waals surface area contributed by atoms with Gasteiger partial charge in [0.1, 0.15) is 5.78 Å². The number of hydrogen-bond acceptors (Lipinski definition) is 2. The maximum Gasteiger partial charge on any atom is 0.140 e. The van der Waals surface area contributed by atoms with Gasteiger partial charge < -0.3 is 4.74 Å². The first-order valence-electron chi connectivity index (χ1n) is 4.50. The molecule has 0 bridgehead atoms. The fourth-order valence-corrected chi connectivity index (χ4v) is 2.54. The van der Waals surface area contributed by atoms with Crippen LogP contribution in [0.15, 0.2) is 12.2 Å². The molecule has 0 saturated heterocycles. The van der Waals surface area contributed by atoms with Gasteiger partial charge in [-0.2, -0.15) is 0 Å². The van der Waals surface area contributed by atoms with Crippen LogP contribution in [0.1, 0.15) is 19.3 Å². The normalized spacial score (nSPS) is 40.6. The quantitative estimate of drug-likeness (QED) is 0.552. The second kappa shape index (κ2) is 2.70. The molecule has 2 heteroatoms. The molecule has 3 atom stereocenters. The van der Waals surface area contributed by atoms with Gasteiger partial charge in [0.05, 0.1) is 6.10 Å². The average molecular weight is 166 g/mol. The van der Waals surface area contributed by atoms with E-state index in [1.807, 2.05) is 0 Å². The summed E-state index contributed by atoms with van der Waals surface area (Å²) in [5, 5.41) is 0. The topological polar surface area (TPSA) is 26.3 Å². The summed E-state index contributed by atoms with van der Waals surface area (Å²) in [6.45, 7) is 3.90. The summed E-state index contributed by atoms with van der Waals surface area (Å²) in [6.07, 6.45) is 3.08. The Balaban J connectivity index is 2.13. The molecule has 0 aromatic carbocycles. The zero-order valence-electron chi connectivity index (χ0n) is 7.38. The Bertz CT molecular complexity index is 232. The number of ketones is 1. The fourth-order valence-electron chi connectivity index (χ4n) is 2.54. The molecular formula is C10H14O2. The van der Waals surface area contributed by atoms with E-state index in [2.05, 4.69) is 6.58 Å². The smallest absolute Gasteiger partial charge is 0.140 e. The molecule has 2 saturated carbocycles. The van der Waals surface area contributed by atoms with E-state index in [1.54, 1.807) is 7.11 Å². The first kappa shape index (κ1) is 7.99. The summed E-state index contributed by atoms with van der Waals surface area (Å²) in [7, 11) is 1.70. The van der Waals surface area contributed by atoms with Gasteiger partial charge in [0.25, 0.3) is 0 Å². The first-order valence-corrected chi connectivity index (χ1v) is 4.50. The third kappa shape index (κ3) is 0.876. The highest BCUT2D eigenvalue weighted by Crippen LogP contribution is 2.47. The van der Waals surface area contributed by atoms with Crippen LogP contribution in [0.5, 0.6) is 0 Å². The highest BCUT2D eigenvalue weighted by molar-refractivity contribution is 5.86. The number of rotatable bonds is 1. The van der Waals surface area contributed by atoms with Crippen molar-refractivity contribution in [2.75, 3.05) is 7.11 Å². The number of fused-ring (bicyclic) bond motifs is 1. The van der Waals surface area contributed by atoms with Gasteiger partial charge >= 0.3 is 0 Å². The van der Waals surface area contributed by atoms with Gasteiger partial charge in [-0.1, -0.05) is 6.58 Å². The maximum atomic E-state index is 11.4. The van der Waals surface area contributed by atoms with Gasteiger partial charge in [0.2, 0.25) is 0 Å². The van der Waals surface area contributed by atoms with Gasteiger partial charge in [-0.25, -0.2) is 0 Å². The molecule has 2 aliphatic rings. The Morgan fingerprint density at radius 2 is 2.33 bits per heavy atom. The van der Waals surface area contributed by atoms with Crippen LogP contribution in [0.2, 0.25) is 0 Å². The number of carbonyl (C=O) groups is 1. The van der Waals surface area contributed by atoms with Crippen LogP contribution in [0.3, 0.4) is 0 Å². The van der Waals surface area contributed by atoms with Gasteiger partial charge in [-0.15, -0.1) is 0 Å². The van der Waals surface area contributed by atoms with Crippen molar-refractivity contribution in [3.63, 3.8) is 0 Å². The van der Waals surface area contributed by atoms with E-state index in [0.29, 0.717) is 11.7 Å². The zero-order chi connectivity index (χ0) is 8.72. The minimum Gasteiger partial charge on any atom is -0.377 e. The molecule has 2 rings (SSSR count). The molecule has 0 aromatic heterocycles. The van der Waals surface area contributed by atoms with Crippen LogP contribution in [0, 0.1) is 11.8 Å². The minimum absolute atomic E-state index is 0.142. The summed E-state index contributed by atoms with van der Waals surface area (Å²) < 4.78 is 5.26. The standard InChI is InChI=1S/C10H14O2/c1-6-9-7(10(6)12-2)4-3-5-8(9)11/h7,9-10H,1,3-5H2,2H3/t7-,9-,10?/m1/s1. The van der Waals surface area contributed by atoms with Crippen LogP contribution >= 0.6 is 0 Å². The highest BCUT2D eigenvalue weighted by Gasteiger charge is 2.49. The van der Waals surface area contributed by atoms with Crippen molar-refractivity contribution in [3.8, 4) is 0 Å². The van der Waals surface area contributed by atoms with Crippen LogP contribution in [-0.4, -0.2) is 19.0 Å². The summed E-state index contributed by atoms with van der Waals surface area (Å²) in [6, 6.07) is 0. The first-order chi connectivity index (χ1) is 5.75. The van der Waals surface area contributed by atoms with E-state index in [1.165, 1.54) is 0 Å². The van der Waals surface area contributed by atoms with Gasteiger partial charge in [-0.3, -0.25) is 4.79 Å². The minimum atomic E-state index is 0.142. The molecule has 2 aliphatic carbocycles. The average Bonchev–Trinajstić information content (AvgIpc) is 2.04. The van der Waals surface area contributed by atoms with Crippen molar-refractivity contribution in [1.29, 1.82) is 0 Å². The Morgan fingerprint density at radius 3 is 3.00 bits per heavy atom. The van der Waals surface area contributed by atoms with E-state index < -0.39 is 0 Å². The molecule has 12 heavy (non-hydrogen) atoms. The van der Waals surface area contributed by atoms with E-state index in [-0.39, 0.29) is 12.0 Å². The largest absolute Gasteiger partial charge is 0.377 e. The van der Waals surface area contributed by atoms with E-state index in [9.17, 15) is 4.79 Å². The van der Waals surface area contributed by atoms with Crippen LogP contribution in [0.25, 0.3) is 0 Å². The van der Waals surface area contributed by atoms with Crippen molar-refractivity contribution in [3.05, 3.63) is 12.2 Å². The number of Topliss-reactive ketones (excluding diaryl/α,β-unsaturated/α-hetero) is 1. The molecule has 1 unspecified atom stereocenters. The number of ether oxygens (including phenoxy) is 1. The molecule has 0 heterocycles. The molecular weight excluding hydrogens is 152 g/mol. The third-order valence-corrected chi connectivity index (χ3v) is 3.14.